The van der Waals surface area contributed by atoms with Crippen molar-refractivity contribution in [2.75, 3.05) is 32.8 Å². The van der Waals surface area contributed by atoms with Crippen molar-refractivity contribution < 1.29 is 9.53 Å². The fourth-order valence-electron chi connectivity index (χ4n) is 4.71. The van der Waals surface area contributed by atoms with Crippen molar-refractivity contribution >= 4 is 5.91 Å². The molecule has 142 valence electrons. The summed E-state index contributed by atoms with van der Waals surface area (Å²) in [5, 5.41) is 8.22. The number of hydrogen-bond acceptors (Lipinski definition) is 4. The highest BCUT2D eigenvalue weighted by Gasteiger charge is 2.44. The van der Waals surface area contributed by atoms with Crippen LogP contribution in [-0.4, -0.2) is 53.4 Å². The van der Waals surface area contributed by atoms with Crippen LogP contribution in [0.3, 0.4) is 0 Å². The van der Waals surface area contributed by atoms with E-state index in [0.29, 0.717) is 5.91 Å². The van der Waals surface area contributed by atoms with Crippen LogP contribution in [0.5, 0.6) is 0 Å². The van der Waals surface area contributed by atoms with Gasteiger partial charge in [0.1, 0.15) is 5.60 Å². The molecule has 1 spiro atoms. The third kappa shape index (κ3) is 2.97. The van der Waals surface area contributed by atoms with Crippen LogP contribution in [0, 0.1) is 5.92 Å². The lowest BCUT2D eigenvalue weighted by Gasteiger charge is -2.43. The Morgan fingerprint density at radius 3 is 2.78 bits per heavy atom. The summed E-state index contributed by atoms with van der Waals surface area (Å²) in [4.78, 5) is 14.8. The SMILES string of the molecule is O=C([C@@H]1CCNC1)N1CCC2(CC1)OCCc1cn(-c3ccccc3)nc12. The second kappa shape index (κ2) is 6.77. The average Bonchev–Trinajstić information content (AvgIpc) is 3.40. The molecule has 2 saturated heterocycles. The first kappa shape index (κ1) is 17.0. The van der Waals surface area contributed by atoms with E-state index in [1.807, 2.05) is 27.8 Å². The van der Waals surface area contributed by atoms with Gasteiger partial charge in [0.25, 0.3) is 0 Å². The molecule has 0 bridgehead atoms. The molecule has 6 heteroatoms. The summed E-state index contributed by atoms with van der Waals surface area (Å²) < 4.78 is 8.28. The van der Waals surface area contributed by atoms with E-state index in [4.69, 9.17) is 9.84 Å². The highest BCUT2D eigenvalue weighted by atomic mass is 16.5. The zero-order valence-electron chi connectivity index (χ0n) is 15.6. The van der Waals surface area contributed by atoms with Gasteiger partial charge in [0, 0.05) is 25.8 Å². The van der Waals surface area contributed by atoms with E-state index >= 15 is 0 Å². The molecule has 27 heavy (non-hydrogen) atoms. The van der Waals surface area contributed by atoms with Crippen molar-refractivity contribution in [2.24, 2.45) is 5.92 Å². The number of ether oxygens (including phenoxy) is 1. The van der Waals surface area contributed by atoms with Gasteiger partial charge in [-0.2, -0.15) is 5.10 Å². The summed E-state index contributed by atoms with van der Waals surface area (Å²) in [6.45, 7) is 4.02. The molecule has 4 heterocycles. The third-order valence-corrected chi connectivity index (χ3v) is 6.28. The van der Waals surface area contributed by atoms with Gasteiger partial charge in [-0.3, -0.25) is 4.79 Å². The van der Waals surface area contributed by atoms with Crippen LogP contribution in [0.25, 0.3) is 5.69 Å². The second-order valence-corrected chi connectivity index (χ2v) is 7.89. The molecule has 6 nitrogen and oxygen atoms in total. The second-order valence-electron chi connectivity index (χ2n) is 7.89. The molecule has 2 fully saturated rings. The van der Waals surface area contributed by atoms with E-state index in [1.165, 1.54) is 5.56 Å². The number of carbonyl (C=O) groups is 1. The topological polar surface area (TPSA) is 59.4 Å². The standard InChI is InChI=1S/C21H26N4O2/c26-20(16-6-10-22-14-16)24-11-8-21(9-12-24)19-17(7-13-27-21)15-25(23-19)18-4-2-1-3-5-18/h1-5,15-16,22H,6-14H2/t16-/m1/s1. The Kier molecular flexibility index (Phi) is 4.25. The first-order valence-electron chi connectivity index (χ1n) is 10.0. The average molecular weight is 366 g/mol. The Balaban J connectivity index is 1.36. The summed E-state index contributed by atoms with van der Waals surface area (Å²) >= 11 is 0. The van der Waals surface area contributed by atoms with E-state index < -0.39 is 0 Å². The zero-order chi connectivity index (χ0) is 18.3. The van der Waals surface area contributed by atoms with E-state index in [1.54, 1.807) is 0 Å². The minimum absolute atomic E-state index is 0.152. The van der Waals surface area contributed by atoms with Gasteiger partial charge in [-0.25, -0.2) is 4.68 Å². The highest BCUT2D eigenvalue weighted by Crippen LogP contribution is 2.41. The van der Waals surface area contributed by atoms with Gasteiger partial charge in [-0.15, -0.1) is 0 Å². The van der Waals surface area contributed by atoms with Crippen LogP contribution in [0.2, 0.25) is 0 Å². The van der Waals surface area contributed by atoms with E-state index in [0.717, 1.165) is 69.9 Å². The molecule has 0 radical (unpaired) electrons. The number of carbonyl (C=O) groups excluding carboxylic acids is 1. The fraction of sp³-hybridized carbons (Fsp3) is 0.524. The molecule has 0 aliphatic carbocycles. The van der Waals surface area contributed by atoms with Gasteiger partial charge < -0.3 is 15.0 Å². The Morgan fingerprint density at radius 2 is 2.04 bits per heavy atom. The van der Waals surface area contributed by atoms with Crippen LogP contribution >= 0.6 is 0 Å². The van der Waals surface area contributed by atoms with E-state index in [2.05, 4.69) is 23.6 Å². The predicted molar refractivity (Wildman–Crippen MR) is 102 cm³/mol. The smallest absolute Gasteiger partial charge is 0.227 e. The van der Waals surface area contributed by atoms with Crippen molar-refractivity contribution in [3.8, 4) is 5.69 Å². The summed E-state index contributed by atoms with van der Waals surface area (Å²) in [6.07, 6.45) is 5.68. The van der Waals surface area contributed by atoms with E-state index in [-0.39, 0.29) is 11.5 Å². The normalized spacial score (nSPS) is 24.1. The molecule has 1 aromatic carbocycles. The molecule has 3 aliphatic rings. The number of fused-ring (bicyclic) bond motifs is 2. The van der Waals surface area contributed by atoms with E-state index in [9.17, 15) is 4.79 Å². The number of rotatable bonds is 2. The minimum Gasteiger partial charge on any atom is -0.368 e. The number of benzene rings is 1. The maximum absolute atomic E-state index is 12.7. The predicted octanol–water partition coefficient (Wildman–Crippen LogP) is 1.87. The number of piperidine rings is 1. The Bertz CT molecular complexity index is 818. The first-order valence-corrected chi connectivity index (χ1v) is 10.0. The Hall–Kier alpha value is -2.18. The number of hydrogen-bond donors (Lipinski definition) is 1. The Labute approximate surface area is 159 Å². The maximum atomic E-state index is 12.7. The molecule has 1 N–H and O–H groups in total. The quantitative estimate of drug-likeness (QED) is 0.882. The first-order chi connectivity index (χ1) is 13.3. The number of nitrogens with one attached hydrogen (secondary N) is 1. The van der Waals surface area contributed by atoms with Gasteiger partial charge in [-0.05, 0) is 49.9 Å². The number of likely N-dealkylation sites (tertiary alicyclic amines) is 1. The zero-order valence-corrected chi connectivity index (χ0v) is 15.6. The van der Waals surface area contributed by atoms with Crippen LogP contribution in [0.15, 0.2) is 36.5 Å². The minimum atomic E-state index is -0.335. The number of nitrogens with zero attached hydrogens (tertiary/aromatic N) is 3. The van der Waals surface area contributed by atoms with Crippen molar-refractivity contribution in [2.45, 2.75) is 31.3 Å². The highest BCUT2D eigenvalue weighted by molar-refractivity contribution is 5.79. The molecule has 0 unspecified atom stereocenters. The van der Waals surface area contributed by atoms with Crippen LogP contribution in [0.1, 0.15) is 30.5 Å². The molecular weight excluding hydrogens is 340 g/mol. The summed E-state index contributed by atoms with van der Waals surface area (Å²) in [6, 6.07) is 10.2. The van der Waals surface area contributed by atoms with Crippen molar-refractivity contribution in [1.82, 2.24) is 20.0 Å². The van der Waals surface area contributed by atoms with Crippen LogP contribution in [-0.2, 0) is 21.6 Å². The lowest BCUT2D eigenvalue weighted by atomic mass is 9.83. The molecule has 3 aliphatic heterocycles. The van der Waals surface area contributed by atoms with Gasteiger partial charge in [0.2, 0.25) is 5.91 Å². The van der Waals surface area contributed by atoms with Crippen LogP contribution < -0.4 is 5.32 Å². The summed E-state index contributed by atoms with van der Waals surface area (Å²) in [7, 11) is 0. The van der Waals surface area contributed by atoms with Gasteiger partial charge in [0.15, 0.2) is 0 Å². The number of aromatic nitrogens is 2. The monoisotopic (exact) mass is 366 g/mol. The van der Waals surface area contributed by atoms with Gasteiger partial charge in [-0.1, -0.05) is 18.2 Å². The summed E-state index contributed by atoms with van der Waals surface area (Å²) in [5.74, 6) is 0.458. The van der Waals surface area contributed by atoms with Crippen LogP contribution in [0.4, 0.5) is 0 Å². The maximum Gasteiger partial charge on any atom is 0.227 e. The lowest BCUT2D eigenvalue weighted by molar-refractivity contribution is -0.144. The molecule has 1 amide bonds. The number of para-hydroxylation sites is 1. The van der Waals surface area contributed by atoms with Gasteiger partial charge in [0.05, 0.1) is 23.9 Å². The molecule has 0 saturated carbocycles. The fourth-order valence-corrected chi connectivity index (χ4v) is 4.71. The largest absolute Gasteiger partial charge is 0.368 e. The molecular formula is C21H26N4O2. The molecule has 5 rings (SSSR count). The third-order valence-electron chi connectivity index (χ3n) is 6.28. The van der Waals surface area contributed by atoms with Crippen molar-refractivity contribution in [3.63, 3.8) is 0 Å². The Morgan fingerprint density at radius 1 is 1.22 bits per heavy atom. The number of amides is 1. The molecule has 2 aromatic rings. The van der Waals surface area contributed by atoms with Crippen molar-refractivity contribution in [3.05, 3.63) is 47.8 Å². The lowest BCUT2D eigenvalue weighted by Crippen LogP contribution is -2.50. The molecule has 1 aromatic heterocycles. The van der Waals surface area contributed by atoms with Crippen molar-refractivity contribution in [1.29, 1.82) is 0 Å². The van der Waals surface area contributed by atoms with Gasteiger partial charge >= 0.3 is 0 Å². The summed E-state index contributed by atoms with van der Waals surface area (Å²) in [5.41, 5.74) is 3.10. The molecule has 1 atom stereocenters.